The summed E-state index contributed by atoms with van der Waals surface area (Å²) in [6.07, 6.45) is 1.01. The van der Waals surface area contributed by atoms with E-state index in [4.69, 9.17) is 19.4 Å². The molecule has 4 heterocycles. The Labute approximate surface area is 365 Å². The first-order valence-electron chi connectivity index (χ1n) is 21.1. The number of alkyl halides is 2. The monoisotopic (exact) mass is 898 g/mol. The van der Waals surface area contributed by atoms with Crippen molar-refractivity contribution < 1.29 is 45.9 Å². The number of ether oxygens (including phenoxy) is 2. The number of sulfonamides is 1. The lowest BCUT2D eigenvalue weighted by atomic mass is 9.77. The quantitative estimate of drug-likeness (QED) is 0.179. The zero-order chi connectivity index (χ0) is 45.1. The lowest BCUT2D eigenvalue weighted by Crippen LogP contribution is -2.57. The third-order valence-corrected chi connectivity index (χ3v) is 15.5. The van der Waals surface area contributed by atoms with Crippen molar-refractivity contribution >= 4 is 55.9 Å². The normalized spacial score (nSPS) is 24.1. The molecule has 1 aromatic carbocycles. The number of nitrogens with one attached hydrogen (secondary N) is 2. The Kier molecular flexibility index (Phi) is 12.3. The maximum Gasteiger partial charge on any atom is 0.265 e. The number of fused-ring (bicyclic) bond motifs is 1. The number of nitrogens with zero attached hydrogens (tertiary/aromatic N) is 4. The Morgan fingerprint density at radius 1 is 1.11 bits per heavy atom. The Hall–Kier alpha value is -4.71. The van der Waals surface area contributed by atoms with Crippen LogP contribution in [0.5, 0.6) is 11.5 Å². The highest BCUT2D eigenvalue weighted by Crippen LogP contribution is 2.46. The third-order valence-electron chi connectivity index (χ3n) is 12.5. The number of amides is 4. The molecule has 5 atom stereocenters. The molecule has 2 saturated heterocycles. The average molecular weight is 899 g/mol. The van der Waals surface area contributed by atoms with Crippen molar-refractivity contribution in [1.82, 2.24) is 29.8 Å². The molecule has 3 aromatic rings. The van der Waals surface area contributed by atoms with Crippen LogP contribution in [0.15, 0.2) is 36.2 Å². The molecule has 4 amide bonds. The Bertz CT molecular complexity index is 2400. The number of pyridine rings is 1. The van der Waals surface area contributed by atoms with Crippen molar-refractivity contribution in [3.05, 3.63) is 46.8 Å². The molecule has 0 spiro atoms. The van der Waals surface area contributed by atoms with Crippen LogP contribution in [0.3, 0.4) is 0 Å². The van der Waals surface area contributed by atoms with Gasteiger partial charge in [-0.2, -0.15) is 0 Å². The van der Waals surface area contributed by atoms with E-state index in [0.29, 0.717) is 46.6 Å². The fourth-order valence-corrected chi connectivity index (χ4v) is 10.7. The molecule has 18 heteroatoms. The second-order valence-electron chi connectivity index (χ2n) is 18.6. The van der Waals surface area contributed by atoms with Gasteiger partial charge in [-0.3, -0.25) is 23.9 Å². The highest BCUT2D eigenvalue weighted by atomic mass is 32.2. The number of piperidine rings is 1. The molecule has 4 aliphatic rings. The number of carbonyl (C=O) groups excluding carboxylic acids is 4. The SMILES string of the molecule is C=CC1C[C@]1(NC(=O)[C@@H]1C[C@@H](Oc2cc(-c3csc(C(C)C)n3)nc3c(C)c(OC)ccc23)CN1C(=O)[C@@H](CC(=O)N1CCCC(F)(F)C1)C(C)(C)C)C(=O)NS(=O)(=O)C1CC1. The smallest absolute Gasteiger partial charge is 0.265 e. The molecular formula is C44H56F2N6O8S2. The van der Waals surface area contributed by atoms with Gasteiger partial charge in [0.15, 0.2) is 0 Å². The Balaban J connectivity index is 1.23. The summed E-state index contributed by atoms with van der Waals surface area (Å²) in [6.45, 7) is 14.4. The molecule has 2 aliphatic heterocycles. The summed E-state index contributed by atoms with van der Waals surface area (Å²) in [5, 5.41) is 5.62. The van der Waals surface area contributed by atoms with Crippen LogP contribution in [0.2, 0.25) is 0 Å². The molecule has 2 aromatic heterocycles. The first-order valence-corrected chi connectivity index (χ1v) is 23.6. The average Bonchev–Trinajstić information content (AvgIpc) is 4.08. The van der Waals surface area contributed by atoms with Gasteiger partial charge in [-0.25, -0.2) is 27.2 Å². The summed E-state index contributed by atoms with van der Waals surface area (Å²) in [4.78, 5) is 69.2. The van der Waals surface area contributed by atoms with Crippen LogP contribution in [0.25, 0.3) is 22.3 Å². The number of benzene rings is 1. The summed E-state index contributed by atoms with van der Waals surface area (Å²) < 4.78 is 69.1. The molecule has 0 bridgehead atoms. The molecule has 4 fully saturated rings. The van der Waals surface area contributed by atoms with E-state index in [2.05, 4.69) is 30.5 Å². The summed E-state index contributed by atoms with van der Waals surface area (Å²) in [5.41, 5.74) is 0.0647. The van der Waals surface area contributed by atoms with Crippen LogP contribution in [0, 0.1) is 24.2 Å². The van der Waals surface area contributed by atoms with Crippen LogP contribution < -0.4 is 19.5 Å². The predicted molar refractivity (Wildman–Crippen MR) is 230 cm³/mol. The molecule has 62 heavy (non-hydrogen) atoms. The zero-order valence-electron chi connectivity index (χ0n) is 36.3. The van der Waals surface area contributed by atoms with Gasteiger partial charge in [0.25, 0.3) is 11.8 Å². The third kappa shape index (κ3) is 9.17. The lowest BCUT2D eigenvalue weighted by molar-refractivity contribution is -0.151. The largest absolute Gasteiger partial charge is 0.496 e. The van der Waals surface area contributed by atoms with Gasteiger partial charge in [-0.1, -0.05) is 40.7 Å². The van der Waals surface area contributed by atoms with Gasteiger partial charge in [-0.05, 0) is 50.2 Å². The molecule has 14 nitrogen and oxygen atoms in total. The van der Waals surface area contributed by atoms with Gasteiger partial charge < -0.3 is 24.6 Å². The summed E-state index contributed by atoms with van der Waals surface area (Å²) >= 11 is 1.52. The van der Waals surface area contributed by atoms with Gasteiger partial charge in [0, 0.05) is 60.0 Å². The van der Waals surface area contributed by atoms with Gasteiger partial charge in [0.1, 0.15) is 29.2 Å². The van der Waals surface area contributed by atoms with Crippen molar-refractivity contribution in [2.45, 2.75) is 121 Å². The molecule has 336 valence electrons. The number of aromatic nitrogens is 2. The topological polar surface area (TPSA) is 177 Å². The minimum absolute atomic E-state index is 0.0416. The minimum atomic E-state index is -3.96. The molecular weight excluding hydrogens is 843 g/mol. The van der Waals surface area contributed by atoms with Crippen LogP contribution in [-0.4, -0.2) is 107 Å². The van der Waals surface area contributed by atoms with E-state index >= 15 is 0 Å². The number of thiazole rings is 1. The van der Waals surface area contributed by atoms with Crippen molar-refractivity contribution in [2.75, 3.05) is 26.7 Å². The van der Waals surface area contributed by atoms with E-state index in [1.165, 1.54) is 22.3 Å². The van der Waals surface area contributed by atoms with Crippen LogP contribution in [0.4, 0.5) is 8.78 Å². The van der Waals surface area contributed by atoms with E-state index in [1.807, 2.05) is 18.4 Å². The van der Waals surface area contributed by atoms with Crippen molar-refractivity contribution in [3.63, 3.8) is 0 Å². The second-order valence-corrected chi connectivity index (χ2v) is 21.4. The number of halogens is 2. The van der Waals surface area contributed by atoms with Crippen molar-refractivity contribution in [2.24, 2.45) is 17.3 Å². The minimum Gasteiger partial charge on any atom is -0.496 e. The predicted octanol–water partition coefficient (Wildman–Crippen LogP) is 6.13. The fraction of sp³-hybridized carbons (Fsp3) is 0.591. The first-order chi connectivity index (χ1) is 29.1. The molecule has 2 N–H and O–H groups in total. The van der Waals surface area contributed by atoms with Gasteiger partial charge >= 0.3 is 0 Å². The highest BCUT2D eigenvalue weighted by molar-refractivity contribution is 7.91. The number of hydrogen-bond acceptors (Lipinski definition) is 11. The van der Waals surface area contributed by atoms with Crippen molar-refractivity contribution in [1.29, 1.82) is 0 Å². The van der Waals surface area contributed by atoms with Crippen LogP contribution >= 0.6 is 11.3 Å². The molecule has 2 aliphatic carbocycles. The van der Waals surface area contributed by atoms with E-state index in [-0.39, 0.29) is 51.1 Å². The first kappa shape index (κ1) is 45.3. The fourth-order valence-electron chi connectivity index (χ4n) is 8.52. The molecule has 0 radical (unpaired) electrons. The number of methoxy groups -OCH3 is 1. The summed E-state index contributed by atoms with van der Waals surface area (Å²) in [6, 6.07) is 4.16. The number of rotatable bonds is 14. The second kappa shape index (κ2) is 16.8. The van der Waals surface area contributed by atoms with Crippen molar-refractivity contribution in [3.8, 4) is 22.9 Å². The van der Waals surface area contributed by atoms with Gasteiger partial charge in [0.05, 0.1) is 53.3 Å². The Morgan fingerprint density at radius 2 is 1.84 bits per heavy atom. The molecule has 2 saturated carbocycles. The molecule has 7 rings (SSSR count). The van der Waals surface area contributed by atoms with E-state index in [0.717, 1.165) is 15.5 Å². The number of hydrogen-bond donors (Lipinski definition) is 2. The highest BCUT2D eigenvalue weighted by Gasteiger charge is 2.62. The summed E-state index contributed by atoms with van der Waals surface area (Å²) in [5.74, 6) is -6.19. The van der Waals surface area contributed by atoms with E-state index in [9.17, 15) is 36.4 Å². The summed E-state index contributed by atoms with van der Waals surface area (Å²) in [7, 11) is -2.39. The number of likely N-dealkylation sites (tertiary alicyclic amines) is 2. The lowest BCUT2D eigenvalue weighted by Gasteiger charge is -2.37. The van der Waals surface area contributed by atoms with Gasteiger partial charge in [0.2, 0.25) is 27.7 Å². The standard InChI is InChI=1S/C44H56F2N6O8S2/c1-9-26-20-44(26,41(56)50-62(57,58)28-11-12-28)49-38(54)33-17-27(21-52(33)40(55)30(42(5,6)7)18-36(53)51-16-10-15-43(45,46)23-51)60-35-19-31(32-22-61-39(48-32)24(2)3)47-37-25(4)34(59-8)14-13-29(35)37/h9,13-14,19,22,24,26-28,30,33H,1,10-12,15-18,20-21,23H2,2-8H3,(H,49,54)(H,50,56)/t26?,27-,30-,33+,44-/m1/s1. The number of carbonyl (C=O) groups is 4. The maximum absolute atomic E-state index is 14.9. The molecule has 1 unspecified atom stereocenters. The maximum atomic E-state index is 14.9. The van der Waals surface area contributed by atoms with Gasteiger partial charge in [-0.15, -0.1) is 17.9 Å². The van der Waals surface area contributed by atoms with Crippen LogP contribution in [0.1, 0.15) is 96.1 Å². The van der Waals surface area contributed by atoms with E-state index < -0.39 is 86.3 Å². The Morgan fingerprint density at radius 3 is 2.44 bits per heavy atom. The van der Waals surface area contributed by atoms with Crippen LogP contribution in [-0.2, 0) is 29.2 Å². The van der Waals surface area contributed by atoms with E-state index in [1.54, 1.807) is 40.0 Å². The zero-order valence-corrected chi connectivity index (χ0v) is 37.9. The number of aryl methyl sites for hydroxylation is 1.